The van der Waals surface area contributed by atoms with Gasteiger partial charge in [0.2, 0.25) is 0 Å². The molecule has 0 radical (unpaired) electrons. The summed E-state index contributed by atoms with van der Waals surface area (Å²) < 4.78 is 0. The van der Waals surface area contributed by atoms with Crippen LogP contribution in [-0.2, 0) is 6.54 Å². The second-order valence-corrected chi connectivity index (χ2v) is 6.62. The summed E-state index contributed by atoms with van der Waals surface area (Å²) in [6, 6.07) is 25.9. The predicted octanol–water partition coefficient (Wildman–Crippen LogP) is 5.14. The summed E-state index contributed by atoms with van der Waals surface area (Å²) >= 11 is 0. The fourth-order valence-corrected chi connectivity index (χ4v) is 3.21. The third-order valence-corrected chi connectivity index (χ3v) is 4.68. The van der Waals surface area contributed by atoms with Crippen molar-refractivity contribution in [3.05, 3.63) is 102 Å². The first-order chi connectivity index (χ1) is 13.2. The standard InChI is InChI=1S/C24H20N2O/c1-17-13-14-25-23(15-17)19-9-11-20(12-10-19)24(27)26-16-21-7-4-6-18-5-2-3-8-22(18)21/h2-15H,16H2,1H3,(H,26,27). The molecule has 0 unspecified atom stereocenters. The van der Waals surface area contributed by atoms with Crippen LogP contribution in [0.4, 0.5) is 0 Å². The van der Waals surface area contributed by atoms with Crippen molar-refractivity contribution in [1.29, 1.82) is 0 Å². The van der Waals surface area contributed by atoms with Crippen molar-refractivity contribution < 1.29 is 4.79 Å². The van der Waals surface area contributed by atoms with E-state index in [1.807, 2.05) is 61.5 Å². The number of pyridine rings is 1. The van der Waals surface area contributed by atoms with E-state index in [0.717, 1.165) is 22.4 Å². The smallest absolute Gasteiger partial charge is 0.251 e. The van der Waals surface area contributed by atoms with Gasteiger partial charge >= 0.3 is 0 Å². The van der Waals surface area contributed by atoms with E-state index < -0.39 is 0 Å². The molecular formula is C24H20N2O. The monoisotopic (exact) mass is 352 g/mol. The molecule has 1 amide bonds. The number of rotatable bonds is 4. The van der Waals surface area contributed by atoms with Crippen molar-refractivity contribution in [2.75, 3.05) is 0 Å². The van der Waals surface area contributed by atoms with Crippen LogP contribution >= 0.6 is 0 Å². The molecule has 4 aromatic rings. The molecule has 4 rings (SSSR count). The summed E-state index contributed by atoms with van der Waals surface area (Å²) in [6.07, 6.45) is 1.80. The Bertz CT molecular complexity index is 1100. The van der Waals surface area contributed by atoms with E-state index in [-0.39, 0.29) is 5.91 Å². The normalized spacial score (nSPS) is 10.7. The first-order valence-corrected chi connectivity index (χ1v) is 8.99. The number of nitrogens with one attached hydrogen (secondary N) is 1. The molecule has 132 valence electrons. The van der Waals surface area contributed by atoms with Gasteiger partial charge in [-0.2, -0.15) is 0 Å². The van der Waals surface area contributed by atoms with Gasteiger partial charge in [0.25, 0.3) is 5.91 Å². The van der Waals surface area contributed by atoms with E-state index >= 15 is 0 Å². The zero-order chi connectivity index (χ0) is 18.6. The van der Waals surface area contributed by atoms with Gasteiger partial charge in [0.1, 0.15) is 0 Å². The van der Waals surface area contributed by atoms with Crippen molar-refractivity contribution in [2.45, 2.75) is 13.5 Å². The molecule has 27 heavy (non-hydrogen) atoms. The van der Waals surface area contributed by atoms with Gasteiger partial charge in [0.05, 0.1) is 5.69 Å². The molecule has 0 saturated carbocycles. The maximum absolute atomic E-state index is 12.5. The summed E-state index contributed by atoms with van der Waals surface area (Å²) in [5.41, 5.74) is 4.84. The quantitative estimate of drug-likeness (QED) is 0.552. The molecule has 0 fully saturated rings. The third-order valence-electron chi connectivity index (χ3n) is 4.68. The number of hydrogen-bond acceptors (Lipinski definition) is 2. The van der Waals surface area contributed by atoms with E-state index in [4.69, 9.17) is 0 Å². The fourth-order valence-electron chi connectivity index (χ4n) is 3.21. The second kappa shape index (κ2) is 7.42. The molecule has 1 heterocycles. The molecule has 0 spiro atoms. The summed E-state index contributed by atoms with van der Waals surface area (Å²) in [7, 11) is 0. The first kappa shape index (κ1) is 17.0. The summed E-state index contributed by atoms with van der Waals surface area (Å²) in [5.74, 6) is -0.0771. The Balaban J connectivity index is 1.48. The number of nitrogens with zero attached hydrogens (tertiary/aromatic N) is 1. The van der Waals surface area contributed by atoms with Gasteiger partial charge in [-0.3, -0.25) is 9.78 Å². The molecule has 1 N–H and O–H groups in total. The molecule has 0 saturated heterocycles. The number of fused-ring (bicyclic) bond motifs is 1. The molecule has 0 aliphatic heterocycles. The minimum atomic E-state index is -0.0771. The van der Waals surface area contributed by atoms with E-state index in [1.54, 1.807) is 6.20 Å². The van der Waals surface area contributed by atoms with Crippen LogP contribution in [0.3, 0.4) is 0 Å². The van der Waals surface area contributed by atoms with Crippen LogP contribution in [0.1, 0.15) is 21.5 Å². The topological polar surface area (TPSA) is 42.0 Å². The lowest BCUT2D eigenvalue weighted by Crippen LogP contribution is -2.22. The number of hydrogen-bond donors (Lipinski definition) is 1. The highest BCUT2D eigenvalue weighted by atomic mass is 16.1. The molecule has 3 heteroatoms. The molecule has 0 atom stereocenters. The van der Waals surface area contributed by atoms with E-state index in [0.29, 0.717) is 12.1 Å². The number of amides is 1. The van der Waals surface area contributed by atoms with Gasteiger partial charge in [0, 0.05) is 23.9 Å². The van der Waals surface area contributed by atoms with Crippen molar-refractivity contribution in [3.8, 4) is 11.3 Å². The van der Waals surface area contributed by atoms with Crippen LogP contribution in [0.5, 0.6) is 0 Å². The zero-order valence-corrected chi connectivity index (χ0v) is 15.1. The summed E-state index contributed by atoms with van der Waals surface area (Å²) in [6.45, 7) is 2.54. The highest BCUT2D eigenvalue weighted by molar-refractivity contribution is 5.95. The Hall–Kier alpha value is -3.46. The number of carbonyl (C=O) groups excluding carboxylic acids is 1. The highest BCUT2D eigenvalue weighted by Gasteiger charge is 2.08. The van der Waals surface area contributed by atoms with Gasteiger partial charge in [-0.25, -0.2) is 0 Å². The van der Waals surface area contributed by atoms with Gasteiger partial charge in [-0.1, -0.05) is 54.6 Å². The van der Waals surface area contributed by atoms with Crippen molar-refractivity contribution in [1.82, 2.24) is 10.3 Å². The highest BCUT2D eigenvalue weighted by Crippen LogP contribution is 2.20. The second-order valence-electron chi connectivity index (χ2n) is 6.62. The Morgan fingerprint density at radius 2 is 1.70 bits per heavy atom. The van der Waals surface area contributed by atoms with Gasteiger partial charge in [-0.15, -0.1) is 0 Å². The molecular weight excluding hydrogens is 332 g/mol. The van der Waals surface area contributed by atoms with E-state index in [1.165, 1.54) is 10.8 Å². The number of benzene rings is 3. The van der Waals surface area contributed by atoms with Crippen LogP contribution in [-0.4, -0.2) is 10.9 Å². The Morgan fingerprint density at radius 3 is 2.52 bits per heavy atom. The molecule has 3 aromatic carbocycles. The minimum absolute atomic E-state index is 0.0771. The molecule has 0 bridgehead atoms. The van der Waals surface area contributed by atoms with Crippen molar-refractivity contribution >= 4 is 16.7 Å². The third kappa shape index (κ3) is 3.72. The van der Waals surface area contributed by atoms with Gasteiger partial charge < -0.3 is 5.32 Å². The Labute approximate surface area is 158 Å². The fraction of sp³-hybridized carbons (Fsp3) is 0.0833. The Morgan fingerprint density at radius 1 is 0.926 bits per heavy atom. The lowest BCUT2D eigenvalue weighted by molar-refractivity contribution is 0.0951. The van der Waals surface area contributed by atoms with Crippen LogP contribution in [0, 0.1) is 6.92 Å². The predicted molar refractivity (Wildman–Crippen MR) is 110 cm³/mol. The Kier molecular flexibility index (Phi) is 4.67. The lowest BCUT2D eigenvalue weighted by Gasteiger charge is -2.09. The van der Waals surface area contributed by atoms with Crippen molar-refractivity contribution in [2.24, 2.45) is 0 Å². The maximum atomic E-state index is 12.5. The molecule has 0 aliphatic rings. The van der Waals surface area contributed by atoms with Crippen LogP contribution in [0.15, 0.2) is 85.1 Å². The largest absolute Gasteiger partial charge is 0.348 e. The average molecular weight is 352 g/mol. The van der Waals surface area contributed by atoms with Crippen molar-refractivity contribution in [3.63, 3.8) is 0 Å². The first-order valence-electron chi connectivity index (χ1n) is 8.99. The molecule has 0 aliphatic carbocycles. The SMILES string of the molecule is Cc1ccnc(-c2ccc(C(=O)NCc3cccc4ccccc34)cc2)c1. The minimum Gasteiger partial charge on any atom is -0.348 e. The molecule has 3 nitrogen and oxygen atoms in total. The molecule has 1 aromatic heterocycles. The van der Waals surface area contributed by atoms with E-state index in [2.05, 4.69) is 34.6 Å². The lowest BCUT2D eigenvalue weighted by atomic mass is 10.0. The average Bonchev–Trinajstić information content (AvgIpc) is 2.72. The van der Waals surface area contributed by atoms with Gasteiger partial charge in [0.15, 0.2) is 0 Å². The maximum Gasteiger partial charge on any atom is 0.251 e. The number of aromatic nitrogens is 1. The van der Waals surface area contributed by atoms with E-state index in [9.17, 15) is 4.79 Å². The van der Waals surface area contributed by atoms with Crippen LogP contribution in [0.25, 0.3) is 22.0 Å². The zero-order valence-electron chi connectivity index (χ0n) is 15.1. The summed E-state index contributed by atoms with van der Waals surface area (Å²) in [5, 5.41) is 5.37. The van der Waals surface area contributed by atoms with Crippen LogP contribution < -0.4 is 5.32 Å². The summed E-state index contributed by atoms with van der Waals surface area (Å²) in [4.78, 5) is 16.9. The number of carbonyl (C=O) groups is 1. The van der Waals surface area contributed by atoms with Gasteiger partial charge in [-0.05, 0) is 53.1 Å². The number of aryl methyl sites for hydroxylation is 1. The van der Waals surface area contributed by atoms with Crippen LogP contribution in [0.2, 0.25) is 0 Å².